The topological polar surface area (TPSA) is 78.5 Å². The van der Waals surface area contributed by atoms with Crippen LogP contribution in [0.25, 0.3) is 20.7 Å². The van der Waals surface area contributed by atoms with E-state index in [-0.39, 0.29) is 5.56 Å². The number of benzene rings is 1. The predicted molar refractivity (Wildman–Crippen MR) is 87.2 cm³/mol. The summed E-state index contributed by atoms with van der Waals surface area (Å²) in [6.07, 6.45) is 1.54. The molecule has 0 aliphatic carbocycles. The summed E-state index contributed by atoms with van der Waals surface area (Å²) >= 11 is 1.45. The first-order valence-corrected chi connectivity index (χ1v) is 7.79. The van der Waals surface area contributed by atoms with E-state index in [1.165, 1.54) is 15.9 Å². The molecule has 4 rings (SSSR count). The molecule has 0 amide bonds. The van der Waals surface area contributed by atoms with Gasteiger partial charge in [-0.3, -0.25) is 9.36 Å². The Morgan fingerprint density at radius 1 is 1.22 bits per heavy atom. The number of hydrogen-bond donors (Lipinski definition) is 0. The van der Waals surface area contributed by atoms with E-state index >= 15 is 0 Å². The molecule has 3 aromatic heterocycles. The van der Waals surface area contributed by atoms with Gasteiger partial charge < -0.3 is 0 Å². The lowest BCUT2D eigenvalue weighted by atomic mass is 10.2. The van der Waals surface area contributed by atoms with Crippen LogP contribution in [0.15, 0.2) is 47.5 Å². The summed E-state index contributed by atoms with van der Waals surface area (Å²) < 4.78 is 3.71. The number of fused-ring (bicyclic) bond motifs is 1. The Hall–Kier alpha value is -2.87. The van der Waals surface area contributed by atoms with Crippen LogP contribution in [0.3, 0.4) is 0 Å². The Morgan fingerprint density at radius 2 is 2.04 bits per heavy atom. The minimum absolute atomic E-state index is 0.0785. The second-order valence-electron chi connectivity index (χ2n) is 5.09. The van der Waals surface area contributed by atoms with Crippen molar-refractivity contribution in [2.45, 2.75) is 6.54 Å². The molecule has 0 bridgehead atoms. The summed E-state index contributed by atoms with van der Waals surface area (Å²) in [6.45, 7) is 0.295. The highest BCUT2D eigenvalue weighted by Crippen LogP contribution is 2.30. The second kappa shape index (κ2) is 5.40. The van der Waals surface area contributed by atoms with Gasteiger partial charge in [-0.25, -0.2) is 9.67 Å². The van der Waals surface area contributed by atoms with Crippen molar-refractivity contribution in [3.63, 3.8) is 0 Å². The van der Waals surface area contributed by atoms with Crippen LogP contribution in [0.2, 0.25) is 0 Å². The van der Waals surface area contributed by atoms with E-state index in [0.29, 0.717) is 22.6 Å². The zero-order valence-electron chi connectivity index (χ0n) is 12.2. The largest absolute Gasteiger partial charge is 0.290 e. The van der Waals surface area contributed by atoms with Crippen LogP contribution in [0, 0.1) is 0 Å². The molecule has 4 aromatic rings. The minimum atomic E-state index is -0.0785. The number of rotatable bonds is 3. The first-order valence-electron chi connectivity index (χ1n) is 6.98. The Bertz CT molecular complexity index is 1030. The molecule has 0 N–H and O–H groups in total. The van der Waals surface area contributed by atoms with Gasteiger partial charge in [0.1, 0.15) is 4.70 Å². The minimum Gasteiger partial charge on any atom is -0.290 e. The Kier molecular flexibility index (Phi) is 3.23. The smallest absolute Gasteiger partial charge is 0.271 e. The van der Waals surface area contributed by atoms with Gasteiger partial charge in [0, 0.05) is 11.9 Å². The maximum atomic E-state index is 12.7. The molecule has 23 heavy (non-hydrogen) atoms. The monoisotopic (exact) mass is 324 g/mol. The van der Waals surface area contributed by atoms with Gasteiger partial charge in [0.05, 0.1) is 18.4 Å². The third-order valence-electron chi connectivity index (χ3n) is 3.58. The normalized spacial score (nSPS) is 11.2. The molecule has 0 spiro atoms. The van der Waals surface area contributed by atoms with Crippen LogP contribution in [-0.2, 0) is 13.6 Å². The second-order valence-corrected chi connectivity index (χ2v) is 6.14. The van der Waals surface area contributed by atoms with Gasteiger partial charge >= 0.3 is 0 Å². The van der Waals surface area contributed by atoms with E-state index in [1.807, 2.05) is 36.4 Å². The first-order chi connectivity index (χ1) is 11.2. The van der Waals surface area contributed by atoms with Crippen LogP contribution < -0.4 is 5.56 Å². The fourth-order valence-corrected chi connectivity index (χ4v) is 3.40. The summed E-state index contributed by atoms with van der Waals surface area (Å²) in [4.78, 5) is 18.1. The first kappa shape index (κ1) is 13.8. The van der Waals surface area contributed by atoms with Crippen molar-refractivity contribution >= 4 is 21.6 Å². The molecule has 0 aliphatic heterocycles. The zero-order valence-corrected chi connectivity index (χ0v) is 13.1. The average molecular weight is 324 g/mol. The van der Waals surface area contributed by atoms with Gasteiger partial charge in [-0.2, -0.15) is 0 Å². The molecule has 1 aromatic carbocycles. The molecular formula is C15H12N6OS. The fourth-order valence-electron chi connectivity index (χ4n) is 2.34. The van der Waals surface area contributed by atoms with Crippen molar-refractivity contribution in [1.29, 1.82) is 0 Å². The quantitative estimate of drug-likeness (QED) is 0.573. The van der Waals surface area contributed by atoms with Gasteiger partial charge in [-0.15, -0.1) is 16.4 Å². The van der Waals surface area contributed by atoms with Crippen LogP contribution in [0.1, 0.15) is 5.82 Å². The van der Waals surface area contributed by atoms with Crippen LogP contribution >= 0.6 is 11.3 Å². The van der Waals surface area contributed by atoms with E-state index in [2.05, 4.69) is 20.5 Å². The average Bonchev–Trinajstić information content (AvgIpc) is 3.18. The summed E-state index contributed by atoms with van der Waals surface area (Å²) in [5.41, 5.74) is 1.72. The van der Waals surface area contributed by atoms with Crippen molar-refractivity contribution in [2.75, 3.05) is 0 Å². The summed E-state index contributed by atoms with van der Waals surface area (Å²) in [7, 11) is 1.74. The molecule has 0 saturated heterocycles. The van der Waals surface area contributed by atoms with Gasteiger partial charge in [0.2, 0.25) is 0 Å². The Balaban J connectivity index is 1.79. The molecule has 0 aliphatic rings. The summed E-state index contributed by atoms with van der Waals surface area (Å²) in [5.74, 6) is 0.605. The number of tetrazole rings is 1. The molecule has 0 saturated carbocycles. The van der Waals surface area contributed by atoms with E-state index < -0.39 is 0 Å². The van der Waals surface area contributed by atoms with E-state index in [4.69, 9.17) is 0 Å². The number of aryl methyl sites for hydroxylation is 1. The summed E-state index contributed by atoms with van der Waals surface area (Å²) in [5, 5.41) is 11.3. The highest BCUT2D eigenvalue weighted by atomic mass is 32.1. The number of nitrogens with zero attached hydrogens (tertiary/aromatic N) is 6. The fraction of sp³-hybridized carbons (Fsp3) is 0.133. The third kappa shape index (κ3) is 2.42. The predicted octanol–water partition coefficient (Wildman–Crippen LogP) is 1.70. The van der Waals surface area contributed by atoms with Gasteiger partial charge in [-0.05, 0) is 22.1 Å². The summed E-state index contributed by atoms with van der Waals surface area (Å²) in [6, 6.07) is 11.9. The molecule has 8 heteroatoms. The highest BCUT2D eigenvalue weighted by Gasteiger charge is 2.12. The Labute approximate surface area is 134 Å². The van der Waals surface area contributed by atoms with Crippen LogP contribution in [-0.4, -0.2) is 29.8 Å². The molecule has 0 fully saturated rings. The van der Waals surface area contributed by atoms with Crippen molar-refractivity contribution in [3.8, 4) is 10.4 Å². The molecule has 0 radical (unpaired) electrons. The highest BCUT2D eigenvalue weighted by molar-refractivity contribution is 7.22. The van der Waals surface area contributed by atoms with Crippen molar-refractivity contribution in [3.05, 3.63) is 58.9 Å². The van der Waals surface area contributed by atoms with Crippen molar-refractivity contribution in [2.24, 2.45) is 7.05 Å². The standard InChI is InChI=1S/C15H12N6OS/c1-20-13(17-18-19-20)8-21-9-16-11-7-12(23-14(11)15(21)22)10-5-3-2-4-6-10/h2-7,9H,8H2,1H3. The SMILES string of the molecule is Cn1nnnc1Cn1cnc2cc(-c3ccccc3)sc2c1=O. The maximum absolute atomic E-state index is 12.7. The lowest BCUT2D eigenvalue weighted by Crippen LogP contribution is -2.21. The van der Waals surface area contributed by atoms with E-state index in [9.17, 15) is 4.79 Å². The van der Waals surface area contributed by atoms with Gasteiger partial charge in [0.15, 0.2) is 5.82 Å². The number of hydrogen-bond acceptors (Lipinski definition) is 6. The number of thiophene rings is 1. The zero-order chi connectivity index (χ0) is 15.8. The molecule has 0 atom stereocenters. The van der Waals surface area contributed by atoms with E-state index in [0.717, 1.165) is 10.4 Å². The lowest BCUT2D eigenvalue weighted by Gasteiger charge is -2.02. The molecule has 7 nitrogen and oxygen atoms in total. The lowest BCUT2D eigenvalue weighted by molar-refractivity contribution is 0.632. The van der Waals surface area contributed by atoms with Crippen molar-refractivity contribution in [1.82, 2.24) is 29.8 Å². The number of aromatic nitrogens is 6. The van der Waals surface area contributed by atoms with Gasteiger partial charge in [-0.1, -0.05) is 30.3 Å². The third-order valence-corrected chi connectivity index (χ3v) is 4.74. The molecule has 0 unspecified atom stereocenters. The molecular weight excluding hydrogens is 312 g/mol. The Morgan fingerprint density at radius 3 is 2.78 bits per heavy atom. The van der Waals surface area contributed by atoms with Crippen LogP contribution in [0.4, 0.5) is 0 Å². The van der Waals surface area contributed by atoms with Crippen molar-refractivity contribution < 1.29 is 0 Å². The van der Waals surface area contributed by atoms with Crippen LogP contribution in [0.5, 0.6) is 0 Å². The maximum Gasteiger partial charge on any atom is 0.271 e. The van der Waals surface area contributed by atoms with E-state index in [1.54, 1.807) is 18.1 Å². The molecule has 114 valence electrons. The molecule has 3 heterocycles. The van der Waals surface area contributed by atoms with Gasteiger partial charge in [0.25, 0.3) is 5.56 Å².